The molecule has 0 aromatic rings. The van der Waals surface area contributed by atoms with E-state index >= 15 is 0 Å². The zero-order valence-electron chi connectivity index (χ0n) is 13.9. The number of carbonyl (C=O) groups excluding carboxylic acids is 2. The van der Waals surface area contributed by atoms with E-state index < -0.39 is 17.7 Å². The first kappa shape index (κ1) is 18.7. The third-order valence-electron chi connectivity index (χ3n) is 3.11. The van der Waals surface area contributed by atoms with E-state index in [9.17, 15) is 9.59 Å². The van der Waals surface area contributed by atoms with Crippen LogP contribution in [0.1, 0.15) is 54.9 Å². The highest BCUT2D eigenvalue weighted by Gasteiger charge is 2.41. The molecule has 1 unspecified atom stereocenters. The average molecular weight is 282 g/mol. The van der Waals surface area contributed by atoms with E-state index in [4.69, 9.17) is 5.73 Å². The Kier molecular flexibility index (Phi) is 6.45. The summed E-state index contributed by atoms with van der Waals surface area (Å²) in [6.45, 7) is 13.6. The predicted molar refractivity (Wildman–Crippen MR) is 83.0 cm³/mol. The molecular formula is C16H30N2O2. The van der Waals surface area contributed by atoms with Gasteiger partial charge in [0.25, 0.3) is 0 Å². The molecule has 0 rings (SSSR count). The van der Waals surface area contributed by atoms with Gasteiger partial charge in [-0.1, -0.05) is 32.9 Å². The van der Waals surface area contributed by atoms with Gasteiger partial charge in [0.15, 0.2) is 0 Å². The van der Waals surface area contributed by atoms with Crippen LogP contribution < -0.4 is 11.1 Å². The SMILES string of the molecule is C/C=C/CC(C(N)=O)[C@H](C(=O)NC(C)(C)C)C(C)(C)C. The summed E-state index contributed by atoms with van der Waals surface area (Å²) in [4.78, 5) is 24.3. The molecule has 0 bridgehead atoms. The highest BCUT2D eigenvalue weighted by atomic mass is 16.2. The Bertz CT molecular complexity index is 373. The highest BCUT2D eigenvalue weighted by molar-refractivity contribution is 5.87. The van der Waals surface area contributed by atoms with Crippen LogP contribution in [0.4, 0.5) is 0 Å². The van der Waals surface area contributed by atoms with Crippen molar-refractivity contribution in [2.24, 2.45) is 23.0 Å². The van der Waals surface area contributed by atoms with Crippen LogP contribution in [0.15, 0.2) is 12.2 Å². The molecule has 0 spiro atoms. The molecule has 2 amide bonds. The number of rotatable bonds is 5. The number of primary amides is 1. The zero-order chi connectivity index (χ0) is 16.1. The van der Waals surface area contributed by atoms with Crippen LogP contribution in [-0.4, -0.2) is 17.4 Å². The third kappa shape index (κ3) is 6.22. The maximum absolute atomic E-state index is 12.6. The van der Waals surface area contributed by atoms with E-state index in [1.54, 1.807) is 0 Å². The number of nitrogens with one attached hydrogen (secondary N) is 1. The fourth-order valence-corrected chi connectivity index (χ4v) is 2.33. The van der Waals surface area contributed by atoms with Crippen molar-refractivity contribution in [1.82, 2.24) is 5.32 Å². The lowest BCUT2D eigenvalue weighted by atomic mass is 9.70. The quantitative estimate of drug-likeness (QED) is 0.761. The van der Waals surface area contributed by atoms with Crippen LogP contribution in [0, 0.1) is 17.3 Å². The molecule has 20 heavy (non-hydrogen) atoms. The number of carbonyl (C=O) groups is 2. The largest absolute Gasteiger partial charge is 0.369 e. The van der Waals surface area contributed by atoms with Gasteiger partial charge in [0.1, 0.15) is 0 Å². The number of hydrogen-bond donors (Lipinski definition) is 2. The summed E-state index contributed by atoms with van der Waals surface area (Å²) < 4.78 is 0. The van der Waals surface area contributed by atoms with Gasteiger partial charge in [0, 0.05) is 5.54 Å². The monoisotopic (exact) mass is 282 g/mol. The molecule has 0 heterocycles. The number of nitrogens with two attached hydrogens (primary N) is 1. The van der Waals surface area contributed by atoms with Gasteiger partial charge >= 0.3 is 0 Å². The second-order valence-electron chi connectivity index (χ2n) is 7.40. The second-order valence-corrected chi connectivity index (χ2v) is 7.40. The molecule has 0 radical (unpaired) electrons. The van der Waals surface area contributed by atoms with Crippen LogP contribution in [0.2, 0.25) is 0 Å². The van der Waals surface area contributed by atoms with Crippen molar-refractivity contribution in [2.45, 2.75) is 60.4 Å². The van der Waals surface area contributed by atoms with Crippen LogP contribution in [0.5, 0.6) is 0 Å². The molecule has 0 aliphatic carbocycles. The minimum absolute atomic E-state index is 0.113. The summed E-state index contributed by atoms with van der Waals surface area (Å²) >= 11 is 0. The number of hydrogen-bond acceptors (Lipinski definition) is 2. The first-order valence-electron chi connectivity index (χ1n) is 7.12. The van der Waals surface area contributed by atoms with Crippen molar-refractivity contribution >= 4 is 11.8 Å². The molecule has 116 valence electrons. The highest BCUT2D eigenvalue weighted by Crippen LogP contribution is 2.34. The van der Waals surface area contributed by atoms with Gasteiger partial charge in [-0.15, -0.1) is 0 Å². The van der Waals surface area contributed by atoms with Gasteiger partial charge in [0.2, 0.25) is 11.8 Å². The molecule has 0 aliphatic heterocycles. The van der Waals surface area contributed by atoms with Crippen LogP contribution >= 0.6 is 0 Å². The molecule has 0 saturated heterocycles. The first-order valence-corrected chi connectivity index (χ1v) is 7.12. The zero-order valence-corrected chi connectivity index (χ0v) is 13.9. The van der Waals surface area contributed by atoms with Gasteiger partial charge in [-0.2, -0.15) is 0 Å². The number of amides is 2. The fourth-order valence-electron chi connectivity index (χ4n) is 2.33. The summed E-state index contributed by atoms with van der Waals surface area (Å²) in [7, 11) is 0. The molecule has 0 fully saturated rings. The molecule has 0 aromatic heterocycles. The van der Waals surface area contributed by atoms with Crippen LogP contribution in [0.3, 0.4) is 0 Å². The maximum atomic E-state index is 12.6. The van der Waals surface area contributed by atoms with Gasteiger partial charge in [-0.3, -0.25) is 9.59 Å². The minimum Gasteiger partial charge on any atom is -0.369 e. The van der Waals surface area contributed by atoms with Gasteiger partial charge in [-0.25, -0.2) is 0 Å². The number of allylic oxidation sites excluding steroid dienone is 2. The topological polar surface area (TPSA) is 72.2 Å². The smallest absolute Gasteiger partial charge is 0.224 e. The Balaban J connectivity index is 5.42. The van der Waals surface area contributed by atoms with Crippen molar-refractivity contribution in [3.8, 4) is 0 Å². The minimum atomic E-state index is -0.492. The van der Waals surface area contributed by atoms with Crippen LogP contribution in [0.25, 0.3) is 0 Å². The van der Waals surface area contributed by atoms with Gasteiger partial charge < -0.3 is 11.1 Å². The van der Waals surface area contributed by atoms with Gasteiger partial charge in [0.05, 0.1) is 11.8 Å². The average Bonchev–Trinajstić information content (AvgIpc) is 2.18. The predicted octanol–water partition coefficient (Wildman–Crippen LogP) is 2.63. The Labute approximate surface area is 123 Å². The molecular weight excluding hydrogens is 252 g/mol. The molecule has 4 heteroatoms. The lowest BCUT2D eigenvalue weighted by Gasteiger charge is -2.36. The lowest BCUT2D eigenvalue weighted by Crippen LogP contribution is -2.51. The standard InChI is InChI=1S/C16H30N2O2/c1-8-9-10-11(13(17)19)12(15(2,3)4)14(20)18-16(5,6)7/h8-9,11-12H,10H2,1-7H3,(H2,17,19)(H,18,20)/b9-8+/t11?,12-/m1/s1. The molecule has 3 N–H and O–H groups in total. The first-order chi connectivity index (χ1) is 8.90. The van der Waals surface area contributed by atoms with E-state index in [1.165, 1.54) is 0 Å². The Morgan fingerprint density at radius 2 is 1.65 bits per heavy atom. The summed E-state index contributed by atoms with van der Waals surface area (Å²) in [5.74, 6) is -1.48. The summed E-state index contributed by atoms with van der Waals surface area (Å²) in [6, 6.07) is 0. The maximum Gasteiger partial charge on any atom is 0.224 e. The lowest BCUT2D eigenvalue weighted by molar-refractivity contribution is -0.138. The van der Waals surface area contributed by atoms with Crippen molar-refractivity contribution in [3.63, 3.8) is 0 Å². The summed E-state index contributed by atoms with van der Waals surface area (Å²) in [5.41, 5.74) is 4.86. The van der Waals surface area contributed by atoms with Crippen molar-refractivity contribution in [3.05, 3.63) is 12.2 Å². The Morgan fingerprint density at radius 1 is 1.15 bits per heavy atom. The second kappa shape index (κ2) is 6.91. The normalized spacial score (nSPS) is 15.9. The van der Waals surface area contributed by atoms with Crippen LogP contribution in [-0.2, 0) is 9.59 Å². The Hall–Kier alpha value is -1.32. The van der Waals surface area contributed by atoms with E-state index in [0.29, 0.717) is 6.42 Å². The van der Waals surface area contributed by atoms with Crippen molar-refractivity contribution < 1.29 is 9.59 Å². The van der Waals surface area contributed by atoms with E-state index in [0.717, 1.165) is 0 Å². The van der Waals surface area contributed by atoms with E-state index in [2.05, 4.69) is 5.32 Å². The van der Waals surface area contributed by atoms with E-state index in [-0.39, 0.29) is 16.9 Å². The fraction of sp³-hybridized carbons (Fsp3) is 0.750. The molecule has 0 aromatic carbocycles. The molecule has 0 aliphatic rings. The Morgan fingerprint density at radius 3 is 1.95 bits per heavy atom. The van der Waals surface area contributed by atoms with Crippen molar-refractivity contribution in [1.29, 1.82) is 0 Å². The van der Waals surface area contributed by atoms with Crippen molar-refractivity contribution in [2.75, 3.05) is 0 Å². The van der Waals surface area contributed by atoms with E-state index in [1.807, 2.05) is 60.6 Å². The molecule has 2 atom stereocenters. The third-order valence-corrected chi connectivity index (χ3v) is 3.11. The summed E-state index contributed by atoms with van der Waals surface area (Å²) in [6.07, 6.45) is 4.25. The summed E-state index contributed by atoms with van der Waals surface area (Å²) in [5, 5.41) is 2.97. The molecule has 4 nitrogen and oxygen atoms in total. The van der Waals surface area contributed by atoms with Gasteiger partial charge in [-0.05, 0) is 39.5 Å². The molecule has 0 saturated carbocycles.